The van der Waals surface area contributed by atoms with E-state index in [0.717, 1.165) is 65.9 Å². The number of fused-ring (bicyclic) bond motifs is 1. The normalized spacial score (nSPS) is 17.6. The predicted octanol–water partition coefficient (Wildman–Crippen LogP) is 4.65. The van der Waals surface area contributed by atoms with Crippen LogP contribution in [0.1, 0.15) is 34.6 Å². The van der Waals surface area contributed by atoms with Crippen LogP contribution < -0.4 is 4.74 Å². The van der Waals surface area contributed by atoms with Gasteiger partial charge < -0.3 is 4.74 Å². The molecule has 1 fully saturated rings. The zero-order valence-corrected chi connectivity index (χ0v) is 16.5. The zero-order chi connectivity index (χ0) is 19.5. The molecule has 1 saturated heterocycles. The molecule has 0 radical (unpaired) electrons. The Labute approximate surface area is 166 Å². The topological polar surface area (TPSA) is 42.4 Å². The Morgan fingerprint density at radius 1 is 1.14 bits per heavy atom. The van der Waals surface area contributed by atoms with Gasteiger partial charge in [0.25, 0.3) is 0 Å². The van der Waals surface area contributed by atoms with Gasteiger partial charge in [-0.2, -0.15) is 0 Å². The summed E-state index contributed by atoms with van der Waals surface area (Å²) < 4.78 is 5.29. The van der Waals surface area contributed by atoms with Gasteiger partial charge in [-0.3, -0.25) is 14.7 Å². The number of carbonyl (C=O) groups excluding carboxylic acids is 1. The van der Waals surface area contributed by atoms with Crippen LogP contribution in [0.3, 0.4) is 0 Å². The number of Topliss-reactive ketones (excluding diaryl/α,β-unsaturated/α-hetero) is 1. The van der Waals surface area contributed by atoms with Crippen LogP contribution in [0.2, 0.25) is 0 Å². The van der Waals surface area contributed by atoms with Crippen molar-refractivity contribution in [1.82, 2.24) is 9.88 Å². The van der Waals surface area contributed by atoms with Crippen molar-refractivity contribution in [2.45, 2.75) is 26.3 Å². The fourth-order valence-corrected chi connectivity index (χ4v) is 4.07. The van der Waals surface area contributed by atoms with E-state index in [-0.39, 0.29) is 11.7 Å². The number of hydrogen-bond donors (Lipinski definition) is 0. The first-order chi connectivity index (χ1) is 13.6. The molecule has 144 valence electrons. The number of pyridine rings is 1. The molecule has 1 aliphatic rings. The smallest absolute Gasteiger partial charge is 0.167 e. The molecular formula is C24H26N2O2. The highest BCUT2D eigenvalue weighted by atomic mass is 16.5. The largest absolute Gasteiger partial charge is 0.497 e. The molecule has 0 N–H and O–H groups in total. The second-order valence-electron chi connectivity index (χ2n) is 7.64. The van der Waals surface area contributed by atoms with Gasteiger partial charge in [0.1, 0.15) is 5.75 Å². The summed E-state index contributed by atoms with van der Waals surface area (Å²) in [6.45, 7) is 4.65. The van der Waals surface area contributed by atoms with Gasteiger partial charge in [-0.25, -0.2) is 0 Å². The highest BCUT2D eigenvalue weighted by molar-refractivity contribution is 6.01. The molecule has 1 aliphatic heterocycles. The molecule has 0 aliphatic carbocycles. The maximum Gasteiger partial charge on any atom is 0.167 e. The number of ether oxygens (including phenoxy) is 1. The van der Waals surface area contributed by atoms with Gasteiger partial charge in [0.15, 0.2) is 5.78 Å². The van der Waals surface area contributed by atoms with E-state index in [9.17, 15) is 4.79 Å². The number of hydrogen-bond acceptors (Lipinski definition) is 4. The summed E-state index contributed by atoms with van der Waals surface area (Å²) in [6, 6.07) is 18.1. The maximum atomic E-state index is 13.2. The number of piperidine rings is 1. The fourth-order valence-electron chi connectivity index (χ4n) is 4.07. The van der Waals surface area contributed by atoms with Crippen molar-refractivity contribution < 1.29 is 9.53 Å². The third-order valence-corrected chi connectivity index (χ3v) is 5.54. The van der Waals surface area contributed by atoms with Crippen molar-refractivity contribution in [1.29, 1.82) is 0 Å². The summed E-state index contributed by atoms with van der Waals surface area (Å²) >= 11 is 0. The number of aromatic nitrogens is 1. The molecule has 3 aromatic rings. The standard InChI is InChI=1S/C24H26N2O2/c1-17-5-3-7-22(25-17)16-26-12-4-6-21(15-26)24(27)20-9-8-19-14-23(28-2)11-10-18(19)13-20/h3,5,7-11,13-14,21H,4,6,12,15-16H2,1-2H3/t21-/m0/s1. The molecule has 1 atom stereocenters. The third kappa shape index (κ3) is 4.07. The van der Waals surface area contributed by atoms with Crippen molar-refractivity contribution in [2.24, 2.45) is 5.92 Å². The number of aryl methyl sites for hydroxylation is 1. The lowest BCUT2D eigenvalue weighted by molar-refractivity contribution is 0.0810. The fraction of sp³-hybridized carbons (Fsp3) is 0.333. The summed E-state index contributed by atoms with van der Waals surface area (Å²) in [7, 11) is 1.67. The molecule has 0 saturated carbocycles. The highest BCUT2D eigenvalue weighted by Gasteiger charge is 2.27. The highest BCUT2D eigenvalue weighted by Crippen LogP contribution is 2.26. The minimum atomic E-state index is 0.0502. The lowest BCUT2D eigenvalue weighted by atomic mass is 9.89. The number of benzene rings is 2. The number of rotatable bonds is 5. The minimum Gasteiger partial charge on any atom is -0.497 e. The zero-order valence-electron chi connectivity index (χ0n) is 16.5. The molecule has 2 aromatic carbocycles. The van der Waals surface area contributed by atoms with E-state index in [1.54, 1.807) is 7.11 Å². The van der Waals surface area contributed by atoms with Crippen molar-refractivity contribution in [2.75, 3.05) is 20.2 Å². The Balaban J connectivity index is 1.48. The van der Waals surface area contributed by atoms with E-state index >= 15 is 0 Å². The Morgan fingerprint density at radius 2 is 1.96 bits per heavy atom. The van der Waals surface area contributed by atoms with Crippen LogP contribution in [0.15, 0.2) is 54.6 Å². The number of likely N-dealkylation sites (tertiary alicyclic amines) is 1. The minimum absolute atomic E-state index is 0.0502. The van der Waals surface area contributed by atoms with Crippen molar-refractivity contribution >= 4 is 16.6 Å². The second-order valence-corrected chi connectivity index (χ2v) is 7.64. The number of carbonyl (C=O) groups is 1. The Hall–Kier alpha value is -2.72. The third-order valence-electron chi connectivity index (χ3n) is 5.54. The summed E-state index contributed by atoms with van der Waals surface area (Å²) in [4.78, 5) is 20.1. The van der Waals surface area contributed by atoms with Crippen molar-refractivity contribution in [3.8, 4) is 5.75 Å². The van der Waals surface area contributed by atoms with Crippen LogP contribution in [-0.2, 0) is 6.54 Å². The van der Waals surface area contributed by atoms with E-state index in [4.69, 9.17) is 4.74 Å². The predicted molar refractivity (Wildman–Crippen MR) is 112 cm³/mol. The number of methoxy groups -OCH3 is 1. The van der Waals surface area contributed by atoms with Crippen LogP contribution in [0, 0.1) is 12.8 Å². The summed E-state index contributed by atoms with van der Waals surface area (Å²) in [5.74, 6) is 1.13. The monoisotopic (exact) mass is 374 g/mol. The molecule has 2 heterocycles. The van der Waals surface area contributed by atoms with Crippen molar-refractivity contribution in [3.63, 3.8) is 0 Å². The SMILES string of the molecule is COc1ccc2cc(C(=O)[C@H]3CCCN(Cc4cccc(C)n4)C3)ccc2c1. The molecule has 4 rings (SSSR count). The van der Waals surface area contributed by atoms with Gasteiger partial charge in [0, 0.05) is 30.3 Å². The lowest BCUT2D eigenvalue weighted by Crippen LogP contribution is -2.38. The van der Waals surface area contributed by atoms with Gasteiger partial charge in [0.2, 0.25) is 0 Å². The van der Waals surface area contributed by atoms with Crippen LogP contribution in [0.5, 0.6) is 5.75 Å². The molecule has 4 heteroatoms. The van der Waals surface area contributed by atoms with E-state index < -0.39 is 0 Å². The lowest BCUT2D eigenvalue weighted by Gasteiger charge is -2.31. The van der Waals surface area contributed by atoms with Crippen molar-refractivity contribution in [3.05, 3.63) is 71.5 Å². The molecule has 0 amide bonds. The molecule has 1 aromatic heterocycles. The summed E-state index contributed by atoms with van der Waals surface area (Å²) in [5, 5.41) is 2.16. The van der Waals surface area contributed by atoms with Gasteiger partial charge in [0.05, 0.1) is 12.8 Å². The summed E-state index contributed by atoms with van der Waals surface area (Å²) in [5.41, 5.74) is 2.92. The first-order valence-electron chi connectivity index (χ1n) is 9.89. The Kier molecular flexibility index (Phi) is 5.40. The number of nitrogens with zero attached hydrogens (tertiary/aromatic N) is 2. The number of ketones is 1. The first kappa shape index (κ1) is 18.6. The van der Waals surface area contributed by atoms with Gasteiger partial charge in [-0.1, -0.05) is 24.3 Å². The molecule has 0 bridgehead atoms. The van der Waals surface area contributed by atoms with Gasteiger partial charge in [-0.15, -0.1) is 0 Å². The average Bonchev–Trinajstić information content (AvgIpc) is 2.72. The van der Waals surface area contributed by atoms with E-state index in [1.807, 2.05) is 55.5 Å². The summed E-state index contributed by atoms with van der Waals surface area (Å²) in [6.07, 6.45) is 2.00. The van der Waals surface area contributed by atoms with Gasteiger partial charge >= 0.3 is 0 Å². The molecule has 0 unspecified atom stereocenters. The van der Waals surface area contributed by atoms with Crippen LogP contribution in [-0.4, -0.2) is 35.9 Å². The molecule has 4 nitrogen and oxygen atoms in total. The van der Waals surface area contributed by atoms with Crippen LogP contribution >= 0.6 is 0 Å². The average molecular weight is 374 g/mol. The maximum absolute atomic E-state index is 13.2. The second kappa shape index (κ2) is 8.11. The molecule has 0 spiro atoms. The molecule has 28 heavy (non-hydrogen) atoms. The quantitative estimate of drug-likeness (QED) is 0.610. The Bertz CT molecular complexity index is 999. The van der Waals surface area contributed by atoms with Crippen LogP contribution in [0.25, 0.3) is 10.8 Å². The Morgan fingerprint density at radius 3 is 2.79 bits per heavy atom. The first-order valence-corrected chi connectivity index (χ1v) is 9.89. The van der Waals surface area contributed by atoms with Gasteiger partial charge in [-0.05, 0) is 67.4 Å². The van der Waals surface area contributed by atoms with E-state index in [0.29, 0.717) is 0 Å². The molecular weight excluding hydrogens is 348 g/mol. The van der Waals surface area contributed by atoms with E-state index in [2.05, 4.69) is 16.0 Å². The van der Waals surface area contributed by atoms with E-state index in [1.165, 1.54) is 0 Å². The van der Waals surface area contributed by atoms with Crippen LogP contribution in [0.4, 0.5) is 0 Å².